The van der Waals surface area contributed by atoms with E-state index in [-0.39, 0.29) is 12.5 Å². The second-order valence-corrected chi connectivity index (χ2v) is 7.63. The van der Waals surface area contributed by atoms with Gasteiger partial charge in [0.05, 0.1) is 6.54 Å². The minimum absolute atomic E-state index is 0.0920. The zero-order valence-electron chi connectivity index (χ0n) is 13.5. The van der Waals surface area contributed by atoms with Gasteiger partial charge in [0.2, 0.25) is 5.91 Å². The third-order valence-corrected chi connectivity index (χ3v) is 6.04. The maximum atomic E-state index is 12.4. The minimum atomic E-state index is -3.36. The van der Waals surface area contributed by atoms with Crippen LogP contribution in [0.25, 0.3) is 0 Å². The van der Waals surface area contributed by atoms with E-state index in [0.29, 0.717) is 45.8 Å². The van der Waals surface area contributed by atoms with Crippen LogP contribution < -0.4 is 10.6 Å². The van der Waals surface area contributed by atoms with E-state index in [1.165, 1.54) is 8.61 Å². The Kier molecular flexibility index (Phi) is 6.33. The van der Waals surface area contributed by atoms with Crippen molar-refractivity contribution in [3.8, 4) is 0 Å². The van der Waals surface area contributed by atoms with Gasteiger partial charge in [-0.2, -0.15) is 17.0 Å². The second-order valence-electron chi connectivity index (χ2n) is 5.70. The van der Waals surface area contributed by atoms with Gasteiger partial charge in [-0.3, -0.25) is 15.0 Å². The van der Waals surface area contributed by atoms with Gasteiger partial charge in [-0.1, -0.05) is 0 Å². The van der Waals surface area contributed by atoms with E-state index in [4.69, 9.17) is 0 Å². The number of nitrogens with zero attached hydrogens (tertiary/aromatic N) is 3. The highest BCUT2D eigenvalue weighted by Gasteiger charge is 2.33. The van der Waals surface area contributed by atoms with Crippen molar-refractivity contribution in [2.24, 2.45) is 0 Å². The normalized spacial score (nSPS) is 21.3. The maximum absolute atomic E-state index is 12.4. The lowest BCUT2D eigenvalue weighted by atomic mass is 10.3. The predicted molar refractivity (Wildman–Crippen MR) is 85.0 cm³/mol. The van der Waals surface area contributed by atoms with Gasteiger partial charge in [-0.25, -0.2) is 4.79 Å². The third kappa shape index (κ3) is 4.87. The van der Waals surface area contributed by atoms with Crippen molar-refractivity contribution in [3.63, 3.8) is 0 Å². The molecule has 10 heteroatoms. The summed E-state index contributed by atoms with van der Waals surface area (Å²) in [6.45, 7) is 5.20. The molecule has 3 amide bonds. The van der Waals surface area contributed by atoms with Crippen LogP contribution in [0.15, 0.2) is 0 Å². The Morgan fingerprint density at radius 3 is 2.09 bits per heavy atom. The van der Waals surface area contributed by atoms with E-state index in [0.717, 1.165) is 12.8 Å². The van der Waals surface area contributed by atoms with Crippen LogP contribution in [-0.4, -0.2) is 86.2 Å². The number of nitrogens with one attached hydrogen (secondary N) is 2. The van der Waals surface area contributed by atoms with Crippen LogP contribution in [0.1, 0.15) is 19.8 Å². The van der Waals surface area contributed by atoms with E-state index in [1.54, 1.807) is 6.92 Å². The lowest BCUT2D eigenvalue weighted by Gasteiger charge is -2.35. The molecule has 132 valence electrons. The molecule has 0 atom stereocenters. The Hall–Kier alpha value is -1.23. The Morgan fingerprint density at radius 2 is 1.52 bits per heavy atom. The van der Waals surface area contributed by atoms with Crippen LogP contribution in [0, 0.1) is 0 Å². The van der Waals surface area contributed by atoms with E-state index in [2.05, 4.69) is 10.6 Å². The molecule has 0 unspecified atom stereocenters. The predicted octanol–water partition coefficient (Wildman–Crippen LogP) is -1.21. The van der Waals surface area contributed by atoms with E-state index in [1.807, 2.05) is 4.90 Å². The Morgan fingerprint density at radius 1 is 0.957 bits per heavy atom. The van der Waals surface area contributed by atoms with Crippen LogP contribution in [0.4, 0.5) is 4.79 Å². The number of imide groups is 1. The molecule has 0 aliphatic carbocycles. The molecule has 9 nitrogen and oxygen atoms in total. The van der Waals surface area contributed by atoms with E-state index in [9.17, 15) is 18.0 Å². The number of carbonyl (C=O) groups excluding carboxylic acids is 2. The molecule has 0 radical (unpaired) electrons. The summed E-state index contributed by atoms with van der Waals surface area (Å²) in [4.78, 5) is 24.9. The molecule has 2 fully saturated rings. The van der Waals surface area contributed by atoms with E-state index < -0.39 is 16.2 Å². The molecule has 0 saturated carbocycles. The number of urea groups is 1. The lowest BCUT2D eigenvalue weighted by molar-refractivity contribution is -0.121. The monoisotopic (exact) mass is 347 g/mol. The number of rotatable bonds is 5. The highest BCUT2D eigenvalue weighted by atomic mass is 32.2. The number of hydrogen-bond donors (Lipinski definition) is 2. The molecule has 0 spiro atoms. The van der Waals surface area contributed by atoms with Crippen molar-refractivity contribution < 1.29 is 18.0 Å². The SMILES string of the molecule is CCNC(=O)NC(=O)CN1CCN(S(=O)(=O)N2CCCC2)CC1. The summed E-state index contributed by atoms with van der Waals surface area (Å²) < 4.78 is 27.9. The standard InChI is InChI=1S/C13H25N5O4S/c1-2-14-13(20)15-12(19)11-16-7-9-18(10-8-16)23(21,22)17-5-3-4-6-17/h2-11H2,1H3,(H2,14,15,19,20). The quantitative estimate of drug-likeness (QED) is 0.650. The summed E-state index contributed by atoms with van der Waals surface area (Å²) >= 11 is 0. The highest BCUT2D eigenvalue weighted by molar-refractivity contribution is 7.86. The molecule has 2 heterocycles. The first-order valence-corrected chi connectivity index (χ1v) is 9.38. The first-order chi connectivity index (χ1) is 10.9. The van der Waals surface area contributed by atoms with Gasteiger partial charge >= 0.3 is 6.03 Å². The van der Waals surface area contributed by atoms with Crippen LogP contribution >= 0.6 is 0 Å². The van der Waals surface area contributed by atoms with Gasteiger partial charge in [0.1, 0.15) is 0 Å². The smallest absolute Gasteiger partial charge is 0.321 e. The molecule has 0 bridgehead atoms. The average Bonchev–Trinajstić information content (AvgIpc) is 3.02. The van der Waals surface area contributed by atoms with Crippen LogP contribution in [0.2, 0.25) is 0 Å². The zero-order valence-corrected chi connectivity index (χ0v) is 14.3. The Labute approximate surface area is 137 Å². The molecular formula is C13H25N5O4S. The van der Waals surface area contributed by atoms with Gasteiger partial charge < -0.3 is 5.32 Å². The molecule has 2 rings (SSSR count). The summed E-state index contributed by atoms with van der Waals surface area (Å²) in [6, 6.07) is -0.507. The van der Waals surface area contributed by atoms with Crippen LogP contribution in [-0.2, 0) is 15.0 Å². The first-order valence-electron chi connectivity index (χ1n) is 7.98. The van der Waals surface area contributed by atoms with Gasteiger partial charge in [0.25, 0.3) is 10.2 Å². The second kappa shape index (κ2) is 8.04. The van der Waals surface area contributed by atoms with Gasteiger partial charge in [0, 0.05) is 45.8 Å². The van der Waals surface area contributed by atoms with Gasteiger partial charge in [0.15, 0.2) is 0 Å². The van der Waals surface area contributed by atoms with Crippen molar-refractivity contribution in [1.29, 1.82) is 0 Å². The van der Waals surface area contributed by atoms with Crippen LogP contribution in [0.5, 0.6) is 0 Å². The summed E-state index contributed by atoms with van der Waals surface area (Å²) in [5.74, 6) is -0.383. The fourth-order valence-electron chi connectivity index (χ4n) is 2.77. The number of hydrogen-bond acceptors (Lipinski definition) is 5. The Bertz CT molecular complexity index is 524. The fraction of sp³-hybridized carbons (Fsp3) is 0.846. The van der Waals surface area contributed by atoms with Crippen molar-refractivity contribution in [3.05, 3.63) is 0 Å². The number of carbonyl (C=O) groups is 2. The summed E-state index contributed by atoms with van der Waals surface area (Å²) in [6.07, 6.45) is 1.83. The van der Waals surface area contributed by atoms with Crippen molar-refractivity contribution >= 4 is 22.1 Å². The van der Waals surface area contributed by atoms with Crippen molar-refractivity contribution in [2.45, 2.75) is 19.8 Å². The number of piperazine rings is 1. The molecule has 2 saturated heterocycles. The topological polar surface area (TPSA) is 102 Å². The zero-order chi connectivity index (χ0) is 16.9. The first kappa shape index (κ1) is 18.1. The summed E-state index contributed by atoms with van der Waals surface area (Å²) in [7, 11) is -3.36. The molecule has 0 aromatic rings. The molecule has 2 N–H and O–H groups in total. The molecule has 0 aromatic heterocycles. The maximum Gasteiger partial charge on any atom is 0.321 e. The highest BCUT2D eigenvalue weighted by Crippen LogP contribution is 2.17. The van der Waals surface area contributed by atoms with Gasteiger partial charge in [-0.15, -0.1) is 0 Å². The van der Waals surface area contributed by atoms with Crippen LogP contribution in [0.3, 0.4) is 0 Å². The Balaban J connectivity index is 1.77. The fourth-order valence-corrected chi connectivity index (χ4v) is 4.45. The molecule has 0 aromatic carbocycles. The van der Waals surface area contributed by atoms with Crippen molar-refractivity contribution in [2.75, 3.05) is 52.4 Å². The molecule has 23 heavy (non-hydrogen) atoms. The average molecular weight is 347 g/mol. The largest absolute Gasteiger partial charge is 0.338 e. The summed E-state index contributed by atoms with van der Waals surface area (Å²) in [5, 5.41) is 4.73. The van der Waals surface area contributed by atoms with Crippen molar-refractivity contribution in [1.82, 2.24) is 24.1 Å². The number of amides is 3. The molecular weight excluding hydrogens is 322 g/mol. The molecule has 2 aliphatic heterocycles. The third-order valence-electron chi connectivity index (χ3n) is 4.01. The van der Waals surface area contributed by atoms with Gasteiger partial charge in [-0.05, 0) is 19.8 Å². The molecule has 2 aliphatic rings. The minimum Gasteiger partial charge on any atom is -0.338 e. The summed E-state index contributed by atoms with van der Waals surface area (Å²) in [5.41, 5.74) is 0. The van der Waals surface area contributed by atoms with E-state index >= 15 is 0 Å². The lowest BCUT2D eigenvalue weighted by Crippen LogP contribution is -2.54.